The maximum atomic E-state index is 11.8. The third-order valence-electron chi connectivity index (χ3n) is 3.19. The number of rotatable bonds is 6. The van der Waals surface area contributed by atoms with Crippen molar-refractivity contribution in [1.29, 1.82) is 0 Å². The van der Waals surface area contributed by atoms with Gasteiger partial charge in [-0.15, -0.1) is 11.3 Å². The summed E-state index contributed by atoms with van der Waals surface area (Å²) in [5, 5.41) is 5.69. The van der Waals surface area contributed by atoms with Gasteiger partial charge in [0, 0.05) is 30.6 Å². The van der Waals surface area contributed by atoms with Crippen LogP contribution in [0.1, 0.15) is 42.2 Å². The van der Waals surface area contributed by atoms with Crippen LogP contribution in [0.3, 0.4) is 0 Å². The van der Waals surface area contributed by atoms with E-state index in [-0.39, 0.29) is 5.91 Å². The molecule has 100 valence electrons. The average molecular weight is 267 g/mol. The zero-order chi connectivity index (χ0) is 13.1. The summed E-state index contributed by atoms with van der Waals surface area (Å²) < 4.78 is 0. The van der Waals surface area contributed by atoms with E-state index in [0.29, 0.717) is 18.3 Å². The van der Waals surface area contributed by atoms with Crippen LogP contribution in [-0.2, 0) is 0 Å². The largest absolute Gasteiger partial charge is 0.349 e. The first kappa shape index (κ1) is 13.5. The number of hydrogen-bond donors (Lipinski definition) is 1. The first-order valence-corrected chi connectivity index (χ1v) is 7.42. The van der Waals surface area contributed by atoms with Crippen molar-refractivity contribution in [2.75, 3.05) is 13.1 Å². The molecule has 0 unspecified atom stereocenters. The van der Waals surface area contributed by atoms with E-state index in [9.17, 15) is 4.79 Å². The van der Waals surface area contributed by atoms with Gasteiger partial charge in [-0.25, -0.2) is 4.98 Å². The number of hydrogen-bond acceptors (Lipinski definition) is 4. The molecule has 1 aliphatic carbocycles. The van der Waals surface area contributed by atoms with Crippen LogP contribution < -0.4 is 5.32 Å². The Labute approximate surface area is 112 Å². The number of aryl methyl sites for hydroxylation is 1. The highest BCUT2D eigenvalue weighted by Gasteiger charge is 2.30. The molecule has 1 saturated carbocycles. The summed E-state index contributed by atoms with van der Waals surface area (Å²) in [6.45, 7) is 7.96. The second kappa shape index (κ2) is 5.80. The van der Waals surface area contributed by atoms with E-state index in [1.165, 1.54) is 24.2 Å². The highest BCUT2D eigenvalue weighted by Crippen LogP contribution is 2.27. The zero-order valence-electron chi connectivity index (χ0n) is 11.3. The average Bonchev–Trinajstić information content (AvgIpc) is 3.05. The normalized spacial score (nSPS) is 15.4. The Morgan fingerprint density at radius 3 is 2.83 bits per heavy atom. The quantitative estimate of drug-likeness (QED) is 0.858. The summed E-state index contributed by atoms with van der Waals surface area (Å²) in [4.78, 5) is 18.5. The minimum Gasteiger partial charge on any atom is -0.349 e. The Balaban J connectivity index is 1.76. The Morgan fingerprint density at radius 1 is 1.61 bits per heavy atom. The van der Waals surface area contributed by atoms with Crippen molar-refractivity contribution in [3.05, 3.63) is 16.1 Å². The molecule has 0 atom stereocenters. The lowest BCUT2D eigenvalue weighted by atomic mass is 10.3. The van der Waals surface area contributed by atoms with Crippen LogP contribution in [0.25, 0.3) is 0 Å². The lowest BCUT2D eigenvalue weighted by Gasteiger charge is -2.26. The highest BCUT2D eigenvalue weighted by molar-refractivity contribution is 7.09. The van der Waals surface area contributed by atoms with Crippen molar-refractivity contribution >= 4 is 17.2 Å². The molecule has 1 amide bonds. The molecule has 0 bridgehead atoms. The molecule has 0 aromatic carbocycles. The maximum Gasteiger partial charge on any atom is 0.270 e. The molecule has 0 radical (unpaired) electrons. The SMILES string of the molecule is Cc1nc(C(=O)NCCN(C(C)C)C2CC2)cs1. The Hall–Kier alpha value is -0.940. The monoisotopic (exact) mass is 267 g/mol. The van der Waals surface area contributed by atoms with Crippen LogP contribution in [0.5, 0.6) is 0 Å². The fourth-order valence-corrected chi connectivity index (χ4v) is 2.72. The predicted octanol–water partition coefficient (Wildman–Crippen LogP) is 2.05. The van der Waals surface area contributed by atoms with E-state index in [4.69, 9.17) is 0 Å². The molecule has 2 rings (SSSR count). The summed E-state index contributed by atoms with van der Waals surface area (Å²) in [7, 11) is 0. The van der Waals surface area contributed by atoms with Gasteiger partial charge in [0.25, 0.3) is 5.91 Å². The molecule has 0 spiro atoms. The molecule has 4 nitrogen and oxygen atoms in total. The van der Waals surface area contributed by atoms with Gasteiger partial charge in [-0.05, 0) is 33.6 Å². The second-order valence-electron chi connectivity index (χ2n) is 5.07. The van der Waals surface area contributed by atoms with Gasteiger partial charge in [0.15, 0.2) is 0 Å². The Bertz CT molecular complexity index is 410. The van der Waals surface area contributed by atoms with Crippen molar-refractivity contribution in [3.8, 4) is 0 Å². The molecule has 1 heterocycles. The van der Waals surface area contributed by atoms with Gasteiger partial charge in [-0.2, -0.15) is 0 Å². The highest BCUT2D eigenvalue weighted by atomic mass is 32.1. The molecule has 0 aliphatic heterocycles. The minimum absolute atomic E-state index is 0.0566. The molecular weight excluding hydrogens is 246 g/mol. The lowest BCUT2D eigenvalue weighted by Crippen LogP contribution is -2.40. The summed E-state index contributed by atoms with van der Waals surface area (Å²) in [5.41, 5.74) is 0.542. The van der Waals surface area contributed by atoms with E-state index >= 15 is 0 Å². The van der Waals surface area contributed by atoms with Gasteiger partial charge < -0.3 is 5.32 Å². The third-order valence-corrected chi connectivity index (χ3v) is 3.96. The van der Waals surface area contributed by atoms with Crippen LogP contribution in [0.15, 0.2) is 5.38 Å². The number of aromatic nitrogens is 1. The summed E-state index contributed by atoms with van der Waals surface area (Å²) in [6, 6.07) is 1.29. The van der Waals surface area contributed by atoms with E-state index in [1.807, 2.05) is 12.3 Å². The fraction of sp³-hybridized carbons (Fsp3) is 0.692. The van der Waals surface area contributed by atoms with E-state index in [2.05, 4.69) is 29.0 Å². The molecule has 18 heavy (non-hydrogen) atoms. The molecule has 0 saturated heterocycles. The Morgan fingerprint density at radius 2 is 2.33 bits per heavy atom. The van der Waals surface area contributed by atoms with Crippen molar-refractivity contribution < 1.29 is 4.79 Å². The van der Waals surface area contributed by atoms with E-state index in [0.717, 1.165) is 17.6 Å². The topological polar surface area (TPSA) is 45.2 Å². The number of amides is 1. The second-order valence-corrected chi connectivity index (χ2v) is 6.13. The zero-order valence-corrected chi connectivity index (χ0v) is 12.1. The molecule has 1 N–H and O–H groups in total. The van der Waals surface area contributed by atoms with Crippen molar-refractivity contribution in [3.63, 3.8) is 0 Å². The summed E-state index contributed by atoms with van der Waals surface area (Å²) in [5.74, 6) is -0.0566. The van der Waals surface area contributed by atoms with Gasteiger partial charge >= 0.3 is 0 Å². The fourth-order valence-electron chi connectivity index (χ4n) is 2.13. The number of thiazole rings is 1. The number of nitrogens with zero attached hydrogens (tertiary/aromatic N) is 2. The third kappa shape index (κ3) is 3.53. The van der Waals surface area contributed by atoms with Crippen LogP contribution in [-0.4, -0.2) is 41.0 Å². The smallest absolute Gasteiger partial charge is 0.270 e. The standard InChI is InChI=1S/C13H21N3OS/c1-9(2)16(11-4-5-11)7-6-14-13(17)12-8-18-10(3)15-12/h8-9,11H,4-7H2,1-3H3,(H,14,17). The van der Waals surface area contributed by atoms with E-state index < -0.39 is 0 Å². The van der Waals surface area contributed by atoms with Gasteiger partial charge in [-0.1, -0.05) is 0 Å². The summed E-state index contributed by atoms with van der Waals surface area (Å²) >= 11 is 1.51. The van der Waals surface area contributed by atoms with Crippen LogP contribution in [0.2, 0.25) is 0 Å². The summed E-state index contributed by atoms with van der Waals surface area (Å²) in [6.07, 6.45) is 2.61. The number of carbonyl (C=O) groups excluding carboxylic acids is 1. The first-order valence-electron chi connectivity index (χ1n) is 6.54. The van der Waals surface area contributed by atoms with E-state index in [1.54, 1.807) is 0 Å². The molecule has 1 fully saturated rings. The van der Waals surface area contributed by atoms with Crippen molar-refractivity contribution in [2.24, 2.45) is 0 Å². The van der Waals surface area contributed by atoms with Crippen LogP contribution in [0, 0.1) is 6.92 Å². The number of nitrogens with one attached hydrogen (secondary N) is 1. The predicted molar refractivity (Wildman–Crippen MR) is 74.0 cm³/mol. The van der Waals surface area contributed by atoms with Gasteiger partial charge in [0.05, 0.1) is 5.01 Å². The van der Waals surface area contributed by atoms with Gasteiger partial charge in [0.1, 0.15) is 5.69 Å². The Kier molecular flexibility index (Phi) is 4.35. The van der Waals surface area contributed by atoms with Gasteiger partial charge in [-0.3, -0.25) is 9.69 Å². The van der Waals surface area contributed by atoms with Crippen molar-refractivity contribution in [2.45, 2.75) is 45.7 Å². The van der Waals surface area contributed by atoms with Crippen LogP contribution in [0.4, 0.5) is 0 Å². The lowest BCUT2D eigenvalue weighted by molar-refractivity contribution is 0.0939. The molecule has 1 aromatic heterocycles. The maximum absolute atomic E-state index is 11.8. The molecular formula is C13H21N3OS. The van der Waals surface area contributed by atoms with Gasteiger partial charge in [0.2, 0.25) is 0 Å². The molecule has 5 heteroatoms. The van der Waals surface area contributed by atoms with Crippen LogP contribution >= 0.6 is 11.3 Å². The minimum atomic E-state index is -0.0566. The number of carbonyl (C=O) groups is 1. The first-order chi connectivity index (χ1) is 8.58. The molecule has 1 aliphatic rings. The van der Waals surface area contributed by atoms with Crippen molar-refractivity contribution in [1.82, 2.24) is 15.2 Å². The molecule has 1 aromatic rings.